The van der Waals surface area contributed by atoms with Gasteiger partial charge >= 0.3 is 12.4 Å². The first-order chi connectivity index (χ1) is 6.21. The Labute approximate surface area is 74.8 Å². The summed E-state index contributed by atoms with van der Waals surface area (Å²) in [6.45, 7) is -2.23. The Bertz CT molecular complexity index is 167. The van der Waals surface area contributed by atoms with E-state index in [2.05, 4.69) is 9.47 Å². The molecule has 1 aliphatic rings. The highest BCUT2D eigenvalue weighted by molar-refractivity contribution is 4.77. The summed E-state index contributed by atoms with van der Waals surface area (Å²) in [5.41, 5.74) is 0. The van der Waals surface area contributed by atoms with Crippen molar-refractivity contribution in [2.75, 3.05) is 13.2 Å². The molecule has 8 heteroatoms. The first kappa shape index (κ1) is 11.6. The minimum Gasteiger partial charge on any atom is -0.363 e. The zero-order valence-electron chi connectivity index (χ0n) is 6.65. The largest absolute Gasteiger partial charge is 0.416 e. The Hall–Kier alpha value is -0.500. The van der Waals surface area contributed by atoms with E-state index in [1.165, 1.54) is 0 Å². The third-order valence-electron chi connectivity index (χ3n) is 1.63. The van der Waals surface area contributed by atoms with Gasteiger partial charge in [0.15, 0.2) is 12.2 Å². The molecule has 2 nitrogen and oxygen atoms in total. The van der Waals surface area contributed by atoms with Gasteiger partial charge in [-0.3, -0.25) is 0 Å². The fraction of sp³-hybridized carbons (Fsp3) is 1.00. The molecule has 0 radical (unpaired) electrons. The average molecular weight is 224 g/mol. The van der Waals surface area contributed by atoms with Crippen LogP contribution >= 0.6 is 0 Å². The molecule has 0 spiro atoms. The lowest BCUT2D eigenvalue weighted by atomic mass is 10.3. The van der Waals surface area contributed by atoms with Crippen molar-refractivity contribution in [2.24, 2.45) is 0 Å². The van der Waals surface area contributed by atoms with Crippen LogP contribution in [0, 0.1) is 0 Å². The van der Waals surface area contributed by atoms with Gasteiger partial charge in [-0.2, -0.15) is 26.3 Å². The number of alkyl halides is 6. The molecule has 0 saturated carbocycles. The third kappa shape index (κ3) is 2.74. The molecule has 0 amide bonds. The van der Waals surface area contributed by atoms with Crippen LogP contribution in [0.5, 0.6) is 0 Å². The molecule has 1 saturated heterocycles. The second kappa shape index (κ2) is 3.58. The molecule has 1 fully saturated rings. The molecule has 0 aromatic heterocycles. The SMILES string of the molecule is FC(F)(F)C1COC(C(F)(F)F)CO1. The van der Waals surface area contributed by atoms with Crippen LogP contribution in [-0.4, -0.2) is 37.8 Å². The van der Waals surface area contributed by atoms with E-state index in [9.17, 15) is 26.3 Å². The van der Waals surface area contributed by atoms with E-state index in [-0.39, 0.29) is 0 Å². The lowest BCUT2D eigenvalue weighted by Crippen LogP contribution is -2.49. The van der Waals surface area contributed by atoms with Gasteiger partial charge in [-0.1, -0.05) is 0 Å². The first-order valence-electron chi connectivity index (χ1n) is 3.58. The molecule has 2 atom stereocenters. The Morgan fingerprint density at radius 3 is 1.14 bits per heavy atom. The van der Waals surface area contributed by atoms with Crippen molar-refractivity contribution in [1.29, 1.82) is 0 Å². The molecule has 0 N–H and O–H groups in total. The Kier molecular flexibility index (Phi) is 2.96. The van der Waals surface area contributed by atoms with Gasteiger partial charge in [-0.05, 0) is 0 Å². The molecule has 0 aromatic rings. The summed E-state index contributed by atoms with van der Waals surface area (Å²) in [6, 6.07) is 0. The maximum Gasteiger partial charge on any atom is 0.416 e. The summed E-state index contributed by atoms with van der Waals surface area (Å²) in [6.07, 6.45) is -13.9. The zero-order chi connectivity index (χ0) is 11.0. The van der Waals surface area contributed by atoms with Crippen LogP contribution in [-0.2, 0) is 9.47 Å². The predicted molar refractivity (Wildman–Crippen MR) is 31.6 cm³/mol. The Balaban J connectivity index is 2.47. The van der Waals surface area contributed by atoms with Crippen molar-refractivity contribution in [3.63, 3.8) is 0 Å². The van der Waals surface area contributed by atoms with Gasteiger partial charge in [0, 0.05) is 0 Å². The molecular formula is C6H6F6O2. The van der Waals surface area contributed by atoms with Crippen molar-refractivity contribution < 1.29 is 35.8 Å². The van der Waals surface area contributed by atoms with Crippen LogP contribution in [0.1, 0.15) is 0 Å². The molecule has 0 bridgehead atoms. The van der Waals surface area contributed by atoms with Crippen LogP contribution in [0.15, 0.2) is 0 Å². The summed E-state index contributed by atoms with van der Waals surface area (Å²) in [4.78, 5) is 0. The molecule has 0 aliphatic carbocycles. The van der Waals surface area contributed by atoms with Crippen molar-refractivity contribution in [2.45, 2.75) is 24.6 Å². The fourth-order valence-electron chi connectivity index (χ4n) is 0.881. The van der Waals surface area contributed by atoms with Gasteiger partial charge in [0.2, 0.25) is 0 Å². The highest BCUT2D eigenvalue weighted by Gasteiger charge is 2.49. The number of hydrogen-bond donors (Lipinski definition) is 0. The van der Waals surface area contributed by atoms with Crippen LogP contribution in [0.4, 0.5) is 26.3 Å². The van der Waals surface area contributed by atoms with Crippen LogP contribution in [0.2, 0.25) is 0 Å². The van der Waals surface area contributed by atoms with E-state index in [1.807, 2.05) is 0 Å². The summed E-state index contributed by atoms with van der Waals surface area (Å²) < 4.78 is 79.3. The predicted octanol–water partition coefficient (Wildman–Crippen LogP) is 1.89. The summed E-state index contributed by atoms with van der Waals surface area (Å²) in [7, 11) is 0. The third-order valence-corrected chi connectivity index (χ3v) is 1.63. The lowest BCUT2D eigenvalue weighted by Gasteiger charge is -2.31. The second-order valence-corrected chi connectivity index (χ2v) is 2.73. The minimum absolute atomic E-state index is 1.12. The van der Waals surface area contributed by atoms with Crippen LogP contribution in [0.3, 0.4) is 0 Å². The van der Waals surface area contributed by atoms with Gasteiger partial charge in [0.05, 0.1) is 13.2 Å². The summed E-state index contributed by atoms with van der Waals surface area (Å²) >= 11 is 0. The van der Waals surface area contributed by atoms with E-state index in [0.717, 1.165) is 0 Å². The van der Waals surface area contributed by atoms with Crippen molar-refractivity contribution in [3.8, 4) is 0 Å². The van der Waals surface area contributed by atoms with E-state index in [1.54, 1.807) is 0 Å². The molecule has 2 unspecified atom stereocenters. The van der Waals surface area contributed by atoms with E-state index in [4.69, 9.17) is 0 Å². The maximum atomic E-state index is 11.9. The van der Waals surface area contributed by atoms with Gasteiger partial charge in [-0.15, -0.1) is 0 Å². The van der Waals surface area contributed by atoms with Gasteiger partial charge in [-0.25, -0.2) is 0 Å². The average Bonchev–Trinajstić information content (AvgIpc) is 2.01. The maximum absolute atomic E-state index is 11.9. The molecule has 14 heavy (non-hydrogen) atoms. The van der Waals surface area contributed by atoms with Gasteiger partial charge < -0.3 is 9.47 Å². The number of halogens is 6. The van der Waals surface area contributed by atoms with Crippen LogP contribution < -0.4 is 0 Å². The topological polar surface area (TPSA) is 18.5 Å². The minimum atomic E-state index is -4.68. The van der Waals surface area contributed by atoms with Crippen molar-refractivity contribution >= 4 is 0 Å². The van der Waals surface area contributed by atoms with Crippen molar-refractivity contribution in [3.05, 3.63) is 0 Å². The number of hydrogen-bond acceptors (Lipinski definition) is 2. The normalized spacial score (nSPS) is 30.4. The highest BCUT2D eigenvalue weighted by atomic mass is 19.4. The van der Waals surface area contributed by atoms with E-state index in [0.29, 0.717) is 0 Å². The molecule has 1 aliphatic heterocycles. The Morgan fingerprint density at radius 1 is 0.714 bits per heavy atom. The Morgan fingerprint density at radius 2 is 1.00 bits per heavy atom. The summed E-state index contributed by atoms with van der Waals surface area (Å²) in [5, 5.41) is 0. The fourth-order valence-corrected chi connectivity index (χ4v) is 0.881. The highest BCUT2D eigenvalue weighted by Crippen LogP contribution is 2.31. The molecule has 1 rings (SSSR count). The smallest absolute Gasteiger partial charge is 0.363 e. The van der Waals surface area contributed by atoms with Gasteiger partial charge in [0.25, 0.3) is 0 Å². The molecular weight excluding hydrogens is 218 g/mol. The first-order valence-corrected chi connectivity index (χ1v) is 3.58. The van der Waals surface area contributed by atoms with Crippen LogP contribution in [0.25, 0.3) is 0 Å². The number of ether oxygens (including phenoxy) is 2. The number of rotatable bonds is 0. The standard InChI is InChI=1S/C6H6F6O2/c7-5(8,9)3-1-13-4(2-14-3)6(10,11)12/h3-4H,1-2H2. The second-order valence-electron chi connectivity index (χ2n) is 2.73. The molecule has 84 valence electrons. The van der Waals surface area contributed by atoms with Gasteiger partial charge in [0.1, 0.15) is 0 Å². The van der Waals surface area contributed by atoms with E-state index >= 15 is 0 Å². The van der Waals surface area contributed by atoms with E-state index < -0.39 is 37.8 Å². The van der Waals surface area contributed by atoms with Crippen molar-refractivity contribution in [1.82, 2.24) is 0 Å². The quantitative estimate of drug-likeness (QED) is 0.585. The molecule has 1 heterocycles. The lowest BCUT2D eigenvalue weighted by molar-refractivity contribution is -0.311. The summed E-state index contributed by atoms with van der Waals surface area (Å²) in [5.74, 6) is 0. The zero-order valence-corrected chi connectivity index (χ0v) is 6.65. The monoisotopic (exact) mass is 224 g/mol. The molecule has 0 aromatic carbocycles.